The van der Waals surface area contributed by atoms with Gasteiger partial charge in [-0.1, -0.05) is 0 Å². The van der Waals surface area contributed by atoms with Crippen LogP contribution in [0.1, 0.15) is 6.42 Å². The molecule has 10 heavy (non-hydrogen) atoms. The first-order valence-corrected chi connectivity index (χ1v) is 4.91. The average molecular weight is 163 g/mol. The second kappa shape index (κ2) is 2.23. The molecule has 1 rings (SSSR count). The Morgan fingerprint density at radius 1 is 1.60 bits per heavy atom. The summed E-state index contributed by atoms with van der Waals surface area (Å²) in [7, 11) is -3.03. The van der Waals surface area contributed by atoms with E-state index < -0.39 is 15.2 Å². The van der Waals surface area contributed by atoms with Crippen LogP contribution < -0.4 is 0 Å². The van der Waals surface area contributed by atoms with Crippen LogP contribution in [0.4, 0.5) is 0 Å². The number of nitrogens with zero attached hydrogens (tertiary/aromatic N) is 1. The van der Waals surface area contributed by atoms with Gasteiger partial charge in [-0.25, -0.2) is 8.42 Å². The molecule has 1 unspecified atom stereocenters. The third kappa shape index (κ3) is 1.13. The van der Waals surface area contributed by atoms with E-state index in [0.717, 1.165) is 6.26 Å². The molecule has 0 spiro atoms. The van der Waals surface area contributed by atoms with Gasteiger partial charge in [0.15, 0.2) is 9.84 Å². The zero-order valence-electron chi connectivity index (χ0n) is 5.65. The molecular weight excluding hydrogens is 154 g/mol. The van der Waals surface area contributed by atoms with E-state index in [1.165, 1.54) is 4.90 Å². The molecule has 0 aliphatic carbocycles. The van der Waals surface area contributed by atoms with Crippen molar-refractivity contribution in [2.24, 2.45) is 0 Å². The summed E-state index contributed by atoms with van der Waals surface area (Å²) < 4.78 is 21.6. The molecule has 58 valence electrons. The lowest BCUT2D eigenvalue weighted by Gasteiger charge is -2.35. The lowest BCUT2D eigenvalue weighted by Crippen LogP contribution is -2.50. The number of amides is 1. The lowest BCUT2D eigenvalue weighted by molar-refractivity contribution is -0.122. The molecule has 1 aliphatic rings. The highest BCUT2D eigenvalue weighted by Crippen LogP contribution is 2.19. The summed E-state index contributed by atoms with van der Waals surface area (Å²) in [5, 5.41) is -0.551. The van der Waals surface area contributed by atoms with E-state index in [0.29, 0.717) is 19.4 Å². The largest absolute Gasteiger partial charge is 0.328 e. The van der Waals surface area contributed by atoms with Gasteiger partial charge in [-0.2, -0.15) is 0 Å². The van der Waals surface area contributed by atoms with E-state index in [1.54, 1.807) is 0 Å². The normalized spacial score (nSPS) is 25.7. The van der Waals surface area contributed by atoms with Crippen molar-refractivity contribution in [1.82, 2.24) is 4.90 Å². The fraction of sp³-hybridized carbons (Fsp3) is 0.800. The van der Waals surface area contributed by atoms with Crippen LogP contribution in [0.3, 0.4) is 0 Å². The summed E-state index contributed by atoms with van der Waals surface area (Å²) in [6.07, 6.45) is 2.31. The highest BCUT2D eigenvalue weighted by Gasteiger charge is 2.34. The Balaban J connectivity index is 2.69. The Labute approximate surface area is 59.7 Å². The van der Waals surface area contributed by atoms with Crippen LogP contribution in [0.2, 0.25) is 0 Å². The van der Waals surface area contributed by atoms with E-state index >= 15 is 0 Å². The summed E-state index contributed by atoms with van der Waals surface area (Å²) in [4.78, 5) is 11.4. The number of rotatable bonds is 2. The SMILES string of the molecule is CS(=O)(=O)C1CCN1C=O. The molecule has 4 nitrogen and oxygen atoms in total. The first-order valence-electron chi connectivity index (χ1n) is 2.95. The minimum Gasteiger partial charge on any atom is -0.328 e. The number of hydrogen-bond acceptors (Lipinski definition) is 3. The molecule has 0 radical (unpaired) electrons. The van der Waals surface area contributed by atoms with Crippen molar-refractivity contribution in [1.29, 1.82) is 0 Å². The number of likely N-dealkylation sites (tertiary alicyclic amines) is 1. The Morgan fingerprint density at radius 2 is 2.20 bits per heavy atom. The molecule has 1 saturated heterocycles. The molecule has 0 saturated carbocycles. The fourth-order valence-electron chi connectivity index (χ4n) is 0.964. The second-order valence-corrected chi connectivity index (χ2v) is 4.62. The lowest BCUT2D eigenvalue weighted by atomic mass is 10.2. The van der Waals surface area contributed by atoms with E-state index in [9.17, 15) is 13.2 Å². The molecular formula is C5H9NO3S. The van der Waals surface area contributed by atoms with E-state index in [4.69, 9.17) is 0 Å². The number of carbonyl (C=O) groups is 1. The number of carbonyl (C=O) groups excluding carboxylic acids is 1. The van der Waals surface area contributed by atoms with Crippen molar-refractivity contribution >= 4 is 16.2 Å². The standard InChI is InChI=1S/C5H9NO3S/c1-10(8,9)5-2-3-6(5)4-7/h4-5H,2-3H2,1H3. The van der Waals surface area contributed by atoms with Crippen molar-refractivity contribution in [3.63, 3.8) is 0 Å². The number of sulfone groups is 1. The Kier molecular flexibility index (Phi) is 1.68. The van der Waals surface area contributed by atoms with E-state index in [2.05, 4.69) is 0 Å². The summed E-state index contributed by atoms with van der Waals surface area (Å²) in [6, 6.07) is 0. The zero-order chi connectivity index (χ0) is 7.78. The van der Waals surface area contributed by atoms with Gasteiger partial charge >= 0.3 is 0 Å². The molecule has 1 heterocycles. The van der Waals surface area contributed by atoms with Crippen LogP contribution in [0.15, 0.2) is 0 Å². The minimum absolute atomic E-state index is 0.551. The van der Waals surface area contributed by atoms with E-state index in [-0.39, 0.29) is 0 Å². The summed E-state index contributed by atoms with van der Waals surface area (Å²) in [5.41, 5.74) is 0. The Morgan fingerprint density at radius 3 is 2.30 bits per heavy atom. The maximum absolute atomic E-state index is 10.8. The van der Waals surface area contributed by atoms with Crippen LogP contribution in [0, 0.1) is 0 Å². The molecule has 0 bridgehead atoms. The summed E-state index contributed by atoms with van der Waals surface area (Å²) in [6.45, 7) is 0.571. The van der Waals surface area contributed by atoms with Crippen molar-refractivity contribution in [2.75, 3.05) is 12.8 Å². The molecule has 0 aromatic carbocycles. The van der Waals surface area contributed by atoms with Gasteiger partial charge in [0.25, 0.3) is 0 Å². The van der Waals surface area contributed by atoms with Crippen molar-refractivity contribution in [2.45, 2.75) is 11.8 Å². The van der Waals surface area contributed by atoms with Gasteiger partial charge < -0.3 is 4.90 Å². The third-order valence-electron chi connectivity index (χ3n) is 1.63. The monoisotopic (exact) mass is 163 g/mol. The van der Waals surface area contributed by atoms with Crippen LogP contribution in [0.5, 0.6) is 0 Å². The smallest absolute Gasteiger partial charge is 0.210 e. The fourth-order valence-corrected chi connectivity index (χ4v) is 2.14. The highest BCUT2D eigenvalue weighted by molar-refractivity contribution is 7.91. The van der Waals surface area contributed by atoms with Crippen molar-refractivity contribution in [3.8, 4) is 0 Å². The quantitative estimate of drug-likeness (QED) is 0.502. The maximum atomic E-state index is 10.8. The molecule has 1 amide bonds. The Hall–Kier alpha value is -0.580. The topological polar surface area (TPSA) is 54.5 Å². The average Bonchev–Trinajstić information content (AvgIpc) is 1.57. The van der Waals surface area contributed by atoms with Gasteiger partial charge in [0.2, 0.25) is 6.41 Å². The van der Waals surface area contributed by atoms with E-state index in [1.807, 2.05) is 0 Å². The zero-order valence-corrected chi connectivity index (χ0v) is 6.47. The third-order valence-corrected chi connectivity index (χ3v) is 3.13. The first-order chi connectivity index (χ1) is 4.55. The van der Waals surface area contributed by atoms with Gasteiger partial charge in [0, 0.05) is 12.8 Å². The van der Waals surface area contributed by atoms with Gasteiger partial charge in [-0.3, -0.25) is 4.79 Å². The molecule has 1 aliphatic heterocycles. The van der Waals surface area contributed by atoms with Crippen molar-refractivity contribution < 1.29 is 13.2 Å². The van der Waals surface area contributed by atoms with Gasteiger partial charge in [-0.05, 0) is 6.42 Å². The molecule has 0 aromatic heterocycles. The van der Waals surface area contributed by atoms with Crippen LogP contribution >= 0.6 is 0 Å². The van der Waals surface area contributed by atoms with Crippen molar-refractivity contribution in [3.05, 3.63) is 0 Å². The summed E-state index contributed by atoms with van der Waals surface area (Å²) in [5.74, 6) is 0. The van der Waals surface area contributed by atoms with Gasteiger partial charge in [-0.15, -0.1) is 0 Å². The molecule has 5 heteroatoms. The molecule has 1 fully saturated rings. The molecule has 0 aromatic rings. The first kappa shape index (κ1) is 7.53. The van der Waals surface area contributed by atoms with Crippen LogP contribution in [-0.4, -0.2) is 37.9 Å². The maximum Gasteiger partial charge on any atom is 0.210 e. The predicted octanol–water partition coefficient (Wildman–Crippen LogP) is -0.781. The van der Waals surface area contributed by atoms with Gasteiger partial charge in [0.1, 0.15) is 5.37 Å². The minimum atomic E-state index is -3.03. The molecule has 1 atom stereocenters. The summed E-state index contributed by atoms with van der Waals surface area (Å²) >= 11 is 0. The second-order valence-electron chi connectivity index (χ2n) is 2.42. The van der Waals surface area contributed by atoms with Crippen LogP contribution in [-0.2, 0) is 14.6 Å². The highest BCUT2D eigenvalue weighted by atomic mass is 32.2. The predicted molar refractivity (Wildman–Crippen MR) is 36.0 cm³/mol. The van der Waals surface area contributed by atoms with Gasteiger partial charge in [0.05, 0.1) is 0 Å². The number of hydrogen-bond donors (Lipinski definition) is 0. The molecule has 0 N–H and O–H groups in total. The van der Waals surface area contributed by atoms with Crippen LogP contribution in [0.25, 0.3) is 0 Å². The Bertz CT molecular complexity index is 233.